The van der Waals surface area contributed by atoms with Crippen LogP contribution < -0.4 is 20.3 Å². The van der Waals surface area contributed by atoms with Gasteiger partial charge in [0.2, 0.25) is 0 Å². The number of benzene rings is 2. The summed E-state index contributed by atoms with van der Waals surface area (Å²) in [6, 6.07) is 16.4. The van der Waals surface area contributed by atoms with Gasteiger partial charge in [0.05, 0.1) is 26.5 Å². The van der Waals surface area contributed by atoms with Crippen molar-refractivity contribution in [2.75, 3.05) is 26.2 Å². The van der Waals surface area contributed by atoms with Crippen LogP contribution in [0.3, 0.4) is 0 Å². The Balaban J connectivity index is 1.57. The lowest BCUT2D eigenvalue weighted by Gasteiger charge is -2.35. The Morgan fingerprint density at radius 2 is 1.84 bits per heavy atom. The number of aromatic amines is 1. The molecule has 1 aliphatic rings. The van der Waals surface area contributed by atoms with Crippen LogP contribution in [-0.4, -0.2) is 35.3 Å². The topological polar surface area (TPSA) is 71.5 Å². The molecule has 0 saturated heterocycles. The number of aromatic nitrogens is 2. The van der Waals surface area contributed by atoms with Gasteiger partial charge in [0.1, 0.15) is 5.82 Å². The summed E-state index contributed by atoms with van der Waals surface area (Å²) in [7, 11) is 3.25. The molecule has 1 atom stereocenters. The Labute approximate surface area is 192 Å². The van der Waals surface area contributed by atoms with E-state index in [0.717, 1.165) is 17.8 Å². The van der Waals surface area contributed by atoms with Gasteiger partial charge in [-0.1, -0.05) is 36.4 Å². The van der Waals surface area contributed by atoms with Crippen LogP contribution in [0.15, 0.2) is 53.3 Å². The minimum atomic E-state index is -0.134. The second-order valence-corrected chi connectivity index (χ2v) is 8.23. The minimum Gasteiger partial charge on any atom is -0.493 e. The fraction of sp³-hybridized carbons (Fsp3) is 0.333. The summed E-state index contributed by atoms with van der Waals surface area (Å²) in [5, 5.41) is 3.45. The molecule has 0 saturated carbocycles. The van der Waals surface area contributed by atoms with Crippen LogP contribution in [0.25, 0.3) is 0 Å². The van der Waals surface area contributed by atoms with Crippen LogP contribution in [0.1, 0.15) is 29.7 Å². The predicted molar refractivity (Wildman–Crippen MR) is 128 cm³/mol. The Morgan fingerprint density at radius 1 is 1.09 bits per heavy atom. The summed E-state index contributed by atoms with van der Waals surface area (Å²) in [5.74, 6) is 2.19. The summed E-state index contributed by atoms with van der Waals surface area (Å²) >= 11 is 5.50. The summed E-state index contributed by atoms with van der Waals surface area (Å²) in [5.41, 5.74) is 2.89. The molecule has 1 aromatic heterocycles. The second-order valence-electron chi connectivity index (χ2n) is 7.85. The molecule has 2 heterocycles. The van der Waals surface area contributed by atoms with Gasteiger partial charge in [-0.05, 0) is 48.8 Å². The fourth-order valence-electron chi connectivity index (χ4n) is 4.10. The van der Waals surface area contributed by atoms with Crippen molar-refractivity contribution < 1.29 is 9.47 Å². The van der Waals surface area contributed by atoms with Crippen LogP contribution in [0.5, 0.6) is 11.5 Å². The van der Waals surface area contributed by atoms with E-state index in [-0.39, 0.29) is 11.6 Å². The van der Waals surface area contributed by atoms with E-state index < -0.39 is 0 Å². The molecule has 2 aromatic carbocycles. The highest BCUT2D eigenvalue weighted by Crippen LogP contribution is 2.29. The third-order valence-electron chi connectivity index (χ3n) is 6.01. The number of ether oxygens (including phenoxy) is 2. The zero-order valence-corrected chi connectivity index (χ0v) is 19.4. The largest absolute Gasteiger partial charge is 0.493 e. The van der Waals surface area contributed by atoms with E-state index in [0.29, 0.717) is 41.6 Å². The maximum Gasteiger partial charge on any atom is 0.258 e. The molecule has 0 unspecified atom stereocenters. The number of rotatable bonds is 7. The zero-order chi connectivity index (χ0) is 22.7. The van der Waals surface area contributed by atoms with Crippen LogP contribution >= 0.6 is 12.2 Å². The Bertz CT molecular complexity index is 1210. The fourth-order valence-corrected chi connectivity index (χ4v) is 4.38. The number of methoxy groups -OCH3 is 2. The first-order valence-electron chi connectivity index (χ1n) is 10.6. The van der Waals surface area contributed by atoms with Crippen molar-refractivity contribution >= 4 is 18.0 Å². The van der Waals surface area contributed by atoms with Gasteiger partial charge in [-0.25, -0.2) is 0 Å². The lowest BCUT2D eigenvalue weighted by atomic mass is 10.1. The van der Waals surface area contributed by atoms with E-state index >= 15 is 0 Å². The normalized spacial score (nSPS) is 14.3. The van der Waals surface area contributed by atoms with Gasteiger partial charge in [-0.2, -0.15) is 0 Å². The van der Waals surface area contributed by atoms with Crippen molar-refractivity contribution in [2.45, 2.75) is 32.5 Å². The van der Waals surface area contributed by atoms with Crippen molar-refractivity contribution in [3.05, 3.63) is 80.3 Å². The SMILES string of the molecule is COc1ccc(CCn2c3c(c(=O)[nH]c2=S)CN([C@H](C)c2ccccc2)CN3)cc1OC. The summed E-state index contributed by atoms with van der Waals surface area (Å²) in [6.45, 7) is 3.98. The molecule has 0 fully saturated rings. The molecule has 8 heteroatoms. The third-order valence-corrected chi connectivity index (χ3v) is 6.33. The lowest BCUT2D eigenvalue weighted by Crippen LogP contribution is -2.40. The van der Waals surface area contributed by atoms with Gasteiger partial charge < -0.3 is 19.4 Å². The predicted octanol–water partition coefficient (Wildman–Crippen LogP) is 4.11. The van der Waals surface area contributed by atoms with Gasteiger partial charge in [-0.3, -0.25) is 14.7 Å². The van der Waals surface area contributed by atoms with Gasteiger partial charge in [-0.15, -0.1) is 0 Å². The number of anilines is 1. The standard InChI is InChI=1S/C24H28N4O3S/c1-16(18-7-5-4-6-8-18)27-14-19-22(25-15-27)28(24(32)26-23(19)29)12-11-17-9-10-20(30-2)21(13-17)31-3/h4-10,13,16,25H,11-12,14-15H2,1-3H3,(H,26,29,32)/t16-/m1/s1. The van der Waals surface area contributed by atoms with Gasteiger partial charge in [0.25, 0.3) is 5.56 Å². The maximum atomic E-state index is 12.7. The van der Waals surface area contributed by atoms with E-state index in [2.05, 4.69) is 34.3 Å². The van der Waals surface area contributed by atoms with E-state index in [4.69, 9.17) is 21.7 Å². The number of hydrogen-bond donors (Lipinski definition) is 2. The molecule has 0 bridgehead atoms. The van der Waals surface area contributed by atoms with E-state index in [1.54, 1.807) is 14.2 Å². The van der Waals surface area contributed by atoms with Crippen LogP contribution in [0, 0.1) is 4.77 Å². The molecule has 3 aromatic rings. The summed E-state index contributed by atoms with van der Waals surface area (Å²) in [4.78, 5) is 17.8. The molecule has 0 radical (unpaired) electrons. The van der Waals surface area contributed by atoms with Gasteiger partial charge >= 0.3 is 0 Å². The van der Waals surface area contributed by atoms with Gasteiger partial charge in [0, 0.05) is 19.1 Å². The summed E-state index contributed by atoms with van der Waals surface area (Å²) in [6.07, 6.45) is 0.735. The smallest absolute Gasteiger partial charge is 0.258 e. The quantitative estimate of drug-likeness (QED) is 0.526. The molecular formula is C24H28N4O3S. The first-order valence-corrected chi connectivity index (χ1v) is 11.0. The van der Waals surface area contributed by atoms with Gasteiger partial charge in [0.15, 0.2) is 16.3 Å². The molecule has 2 N–H and O–H groups in total. The van der Waals surface area contributed by atoms with Crippen molar-refractivity contribution in [3.8, 4) is 11.5 Å². The molecule has 7 nitrogen and oxygen atoms in total. The molecule has 0 amide bonds. The number of nitrogens with one attached hydrogen (secondary N) is 2. The average Bonchev–Trinajstić information content (AvgIpc) is 2.83. The maximum absolute atomic E-state index is 12.7. The average molecular weight is 453 g/mol. The zero-order valence-electron chi connectivity index (χ0n) is 18.6. The number of nitrogens with zero attached hydrogens (tertiary/aromatic N) is 2. The van der Waals surface area contributed by atoms with Crippen molar-refractivity contribution in [1.29, 1.82) is 0 Å². The van der Waals surface area contributed by atoms with E-state index in [1.807, 2.05) is 41.0 Å². The second kappa shape index (κ2) is 9.58. The van der Waals surface area contributed by atoms with E-state index in [9.17, 15) is 4.79 Å². The molecule has 1 aliphatic heterocycles. The lowest BCUT2D eigenvalue weighted by molar-refractivity contribution is 0.206. The molecule has 4 rings (SSSR count). The third kappa shape index (κ3) is 4.42. The highest BCUT2D eigenvalue weighted by Gasteiger charge is 2.25. The molecule has 0 aliphatic carbocycles. The highest BCUT2D eigenvalue weighted by molar-refractivity contribution is 7.71. The molecule has 32 heavy (non-hydrogen) atoms. The number of aryl methyl sites for hydroxylation is 1. The van der Waals surface area contributed by atoms with E-state index in [1.165, 1.54) is 5.56 Å². The Kier molecular flexibility index (Phi) is 6.62. The number of hydrogen-bond acceptors (Lipinski definition) is 6. The highest BCUT2D eigenvalue weighted by atomic mass is 32.1. The number of fused-ring (bicyclic) bond motifs is 1. The van der Waals surface area contributed by atoms with Crippen molar-refractivity contribution in [2.24, 2.45) is 0 Å². The van der Waals surface area contributed by atoms with Crippen molar-refractivity contribution in [3.63, 3.8) is 0 Å². The van der Waals surface area contributed by atoms with Crippen molar-refractivity contribution in [1.82, 2.24) is 14.5 Å². The molecular weight excluding hydrogens is 424 g/mol. The first-order chi connectivity index (χ1) is 15.5. The molecule has 168 valence electrons. The van der Waals surface area contributed by atoms with Crippen LogP contribution in [-0.2, 0) is 19.5 Å². The minimum absolute atomic E-state index is 0.134. The Hall–Kier alpha value is -3.10. The Morgan fingerprint density at radius 3 is 2.56 bits per heavy atom. The summed E-state index contributed by atoms with van der Waals surface area (Å²) < 4.78 is 13.1. The monoisotopic (exact) mass is 452 g/mol. The number of H-pyrrole nitrogens is 1. The van der Waals surface area contributed by atoms with Crippen LogP contribution in [0.4, 0.5) is 5.82 Å². The van der Waals surface area contributed by atoms with Crippen LogP contribution in [0.2, 0.25) is 0 Å². The molecule has 0 spiro atoms. The first kappa shape index (κ1) is 22.1.